The minimum absolute atomic E-state index is 0.0858. The summed E-state index contributed by atoms with van der Waals surface area (Å²) in [5.41, 5.74) is 4.94. The Labute approximate surface area is 211 Å². The van der Waals surface area contributed by atoms with E-state index in [1.807, 2.05) is 36.1 Å². The lowest BCUT2D eigenvalue weighted by molar-refractivity contribution is -0.917. The van der Waals surface area contributed by atoms with Crippen molar-refractivity contribution in [3.8, 4) is 0 Å². The number of carbonyl (C=O) groups excluding carboxylic acids is 2. The van der Waals surface area contributed by atoms with Gasteiger partial charge in [-0.1, -0.05) is 54.4 Å². The van der Waals surface area contributed by atoms with Gasteiger partial charge in [0.05, 0.1) is 31.7 Å². The number of hydrogen-bond donors (Lipinski definition) is 2. The second-order valence-electron chi connectivity index (χ2n) is 9.80. The molecule has 35 heavy (non-hydrogen) atoms. The molecule has 0 bridgehead atoms. The van der Waals surface area contributed by atoms with Crippen molar-refractivity contribution in [3.63, 3.8) is 0 Å². The van der Waals surface area contributed by atoms with Gasteiger partial charge in [-0.05, 0) is 50.3 Å². The maximum Gasteiger partial charge on any atom is 0.257 e. The van der Waals surface area contributed by atoms with Gasteiger partial charge in [-0.15, -0.1) is 11.3 Å². The van der Waals surface area contributed by atoms with Gasteiger partial charge in [-0.3, -0.25) is 9.59 Å². The lowest BCUT2D eigenvalue weighted by atomic mass is 10.0. The summed E-state index contributed by atoms with van der Waals surface area (Å²) < 4.78 is 0. The number of benzene rings is 2. The number of fused-ring (bicyclic) bond motifs is 1. The van der Waals surface area contributed by atoms with Crippen LogP contribution in [0.1, 0.15) is 61.5 Å². The summed E-state index contributed by atoms with van der Waals surface area (Å²) in [5.74, 6) is -0.0565. The summed E-state index contributed by atoms with van der Waals surface area (Å²) in [7, 11) is 0. The number of amides is 2. The van der Waals surface area contributed by atoms with Crippen molar-refractivity contribution in [2.75, 3.05) is 31.5 Å². The van der Waals surface area contributed by atoms with Gasteiger partial charge in [-0.2, -0.15) is 0 Å². The van der Waals surface area contributed by atoms with Crippen molar-refractivity contribution in [1.29, 1.82) is 0 Å². The van der Waals surface area contributed by atoms with Crippen LogP contribution in [0.15, 0.2) is 54.6 Å². The number of nitrogens with zero attached hydrogens (tertiary/aromatic N) is 1. The molecule has 2 N–H and O–H groups in total. The summed E-state index contributed by atoms with van der Waals surface area (Å²) in [6.07, 6.45) is 5.36. The molecule has 5 rings (SSSR count). The average molecular weight is 489 g/mol. The molecule has 0 spiro atoms. The molecule has 1 fully saturated rings. The van der Waals surface area contributed by atoms with Crippen LogP contribution in [0.25, 0.3) is 0 Å². The van der Waals surface area contributed by atoms with Gasteiger partial charge in [0.2, 0.25) is 0 Å². The predicted molar refractivity (Wildman–Crippen MR) is 141 cm³/mol. The van der Waals surface area contributed by atoms with E-state index in [-0.39, 0.29) is 11.8 Å². The minimum Gasteiger partial charge on any atom is -0.328 e. The van der Waals surface area contributed by atoms with Crippen molar-refractivity contribution in [1.82, 2.24) is 4.90 Å². The molecule has 1 saturated heterocycles. The number of carbonyl (C=O) groups is 2. The van der Waals surface area contributed by atoms with Crippen molar-refractivity contribution < 1.29 is 14.5 Å². The van der Waals surface area contributed by atoms with E-state index in [1.165, 1.54) is 27.3 Å². The van der Waals surface area contributed by atoms with Crippen LogP contribution in [-0.2, 0) is 19.4 Å². The minimum atomic E-state index is -0.142. The Kier molecular flexibility index (Phi) is 7.30. The quantitative estimate of drug-likeness (QED) is 0.531. The molecule has 1 aromatic heterocycles. The van der Waals surface area contributed by atoms with Gasteiger partial charge in [0.25, 0.3) is 11.8 Å². The van der Waals surface area contributed by atoms with E-state index in [0.29, 0.717) is 5.56 Å². The zero-order valence-corrected chi connectivity index (χ0v) is 21.3. The van der Waals surface area contributed by atoms with E-state index >= 15 is 0 Å². The smallest absolute Gasteiger partial charge is 0.257 e. The van der Waals surface area contributed by atoms with Gasteiger partial charge in [0.1, 0.15) is 11.5 Å². The third kappa shape index (κ3) is 5.49. The number of quaternary nitrogens is 1. The molecule has 1 aliphatic heterocycles. The molecule has 2 amide bonds. The maximum atomic E-state index is 13.9. The number of thiophene rings is 1. The lowest BCUT2D eigenvalue weighted by Gasteiger charge is -2.32. The topological polar surface area (TPSA) is 53.9 Å². The fourth-order valence-corrected chi connectivity index (χ4v) is 6.54. The number of anilines is 1. The van der Waals surface area contributed by atoms with Crippen LogP contribution < -0.4 is 10.2 Å². The Hall–Kier alpha value is -2.96. The van der Waals surface area contributed by atoms with Crippen LogP contribution in [0, 0.1) is 6.92 Å². The fourth-order valence-electron chi connectivity index (χ4n) is 5.26. The van der Waals surface area contributed by atoms with Gasteiger partial charge < -0.3 is 15.1 Å². The number of hydrogen-bond acceptors (Lipinski definition) is 3. The van der Waals surface area contributed by atoms with Crippen LogP contribution in [0.3, 0.4) is 0 Å². The molecule has 0 saturated carbocycles. The molecule has 2 aliphatic rings. The number of rotatable bonds is 5. The van der Waals surface area contributed by atoms with Crippen molar-refractivity contribution in [2.24, 2.45) is 0 Å². The molecule has 0 radical (unpaired) electrons. The number of nitrogens with one attached hydrogen (secondary N) is 2. The molecule has 182 valence electrons. The molecule has 1 aliphatic carbocycles. The first-order valence-corrected chi connectivity index (χ1v) is 13.6. The van der Waals surface area contributed by atoms with E-state index in [0.717, 1.165) is 74.5 Å². The average Bonchev–Trinajstić information content (AvgIpc) is 3.04. The second-order valence-corrected chi connectivity index (χ2v) is 10.9. The van der Waals surface area contributed by atoms with Crippen LogP contribution in [0.2, 0.25) is 0 Å². The maximum absolute atomic E-state index is 13.9. The van der Waals surface area contributed by atoms with Gasteiger partial charge in [-0.25, -0.2) is 0 Å². The molecule has 6 heteroatoms. The molecule has 2 aromatic carbocycles. The Bertz CT molecular complexity index is 1200. The highest BCUT2D eigenvalue weighted by Crippen LogP contribution is 2.38. The molecular weight excluding hydrogens is 454 g/mol. The van der Waals surface area contributed by atoms with Crippen LogP contribution >= 0.6 is 11.3 Å². The van der Waals surface area contributed by atoms with Gasteiger partial charge in [0.15, 0.2) is 0 Å². The summed E-state index contributed by atoms with van der Waals surface area (Å²) >= 11 is 1.61. The zero-order valence-electron chi connectivity index (χ0n) is 20.4. The highest BCUT2D eigenvalue weighted by Gasteiger charge is 2.31. The monoisotopic (exact) mass is 488 g/mol. The molecule has 2 heterocycles. The Morgan fingerprint density at radius 1 is 0.971 bits per heavy atom. The Morgan fingerprint density at radius 2 is 1.74 bits per heavy atom. The van der Waals surface area contributed by atoms with E-state index in [9.17, 15) is 9.59 Å². The van der Waals surface area contributed by atoms with E-state index in [2.05, 4.69) is 35.6 Å². The molecule has 0 unspecified atom stereocenters. The first kappa shape index (κ1) is 23.8. The SMILES string of the molecule is Cc1cccc(C(=O)Nc2sc3c(c2C(=O)N2CC[NH+](Cc4ccccc4)CC2)CCCCC3)c1. The van der Waals surface area contributed by atoms with Crippen molar-refractivity contribution in [2.45, 2.75) is 45.6 Å². The summed E-state index contributed by atoms with van der Waals surface area (Å²) in [4.78, 5) is 31.7. The van der Waals surface area contributed by atoms with Gasteiger partial charge in [0, 0.05) is 16.0 Å². The third-order valence-electron chi connectivity index (χ3n) is 7.20. The van der Waals surface area contributed by atoms with Crippen molar-refractivity contribution in [3.05, 3.63) is 87.3 Å². The fraction of sp³-hybridized carbons (Fsp3) is 0.379. The molecule has 5 nitrogen and oxygen atoms in total. The summed E-state index contributed by atoms with van der Waals surface area (Å²) in [5, 5.41) is 3.85. The standard InChI is InChI=1S/C29H33N3O2S/c1-21-9-8-12-23(19-21)27(33)30-28-26(24-13-6-3-7-14-25(24)35-28)29(34)32-17-15-31(16-18-32)20-22-10-4-2-5-11-22/h2,4-5,8-12,19H,3,6-7,13-18,20H2,1H3,(H,30,33)/p+1. The Balaban J connectivity index is 1.34. The summed E-state index contributed by atoms with van der Waals surface area (Å²) in [6, 6.07) is 18.2. The largest absolute Gasteiger partial charge is 0.328 e. The Morgan fingerprint density at radius 3 is 2.51 bits per heavy atom. The third-order valence-corrected chi connectivity index (χ3v) is 8.40. The first-order chi connectivity index (χ1) is 17.1. The first-order valence-electron chi connectivity index (χ1n) is 12.8. The van der Waals surface area contributed by atoms with Crippen LogP contribution in [0.4, 0.5) is 5.00 Å². The van der Waals surface area contributed by atoms with E-state index in [4.69, 9.17) is 0 Å². The zero-order chi connectivity index (χ0) is 24.2. The highest BCUT2D eigenvalue weighted by molar-refractivity contribution is 7.17. The lowest BCUT2D eigenvalue weighted by Crippen LogP contribution is -3.13. The van der Waals surface area contributed by atoms with Crippen molar-refractivity contribution >= 4 is 28.2 Å². The van der Waals surface area contributed by atoms with Crippen LogP contribution in [-0.4, -0.2) is 42.9 Å². The predicted octanol–water partition coefficient (Wildman–Crippen LogP) is 4.12. The molecule has 0 atom stereocenters. The molecule has 3 aromatic rings. The number of piperazine rings is 1. The van der Waals surface area contributed by atoms with Gasteiger partial charge >= 0.3 is 0 Å². The second kappa shape index (κ2) is 10.8. The van der Waals surface area contributed by atoms with Crippen LogP contribution in [0.5, 0.6) is 0 Å². The highest BCUT2D eigenvalue weighted by atomic mass is 32.1. The number of aryl methyl sites for hydroxylation is 2. The van der Waals surface area contributed by atoms with E-state index < -0.39 is 0 Å². The van der Waals surface area contributed by atoms with E-state index in [1.54, 1.807) is 11.3 Å². The normalized spacial score (nSPS) is 16.4. The summed E-state index contributed by atoms with van der Waals surface area (Å²) in [6.45, 7) is 6.36. The molecular formula is C29H34N3O2S+.